The molecular weight excluding hydrogens is 414 g/mol. The number of carbonyl (C=O) groups is 1. The van der Waals surface area contributed by atoms with E-state index in [2.05, 4.69) is 5.32 Å². The van der Waals surface area contributed by atoms with Gasteiger partial charge in [-0.15, -0.1) is 0 Å². The van der Waals surface area contributed by atoms with Crippen LogP contribution in [0, 0.1) is 6.92 Å². The standard InChI is InChI=1S/C19H19N3O5S2/c1-11-4-7-15-14(8-11)22(29(3,25)26)10-16(27-15)18(23)20-12-5-6-13-17(9-12)28-19(24)21(13)2/h4-9,16H,10H2,1-3H3,(H,20,23)/t16-/m1/s1. The zero-order chi connectivity index (χ0) is 20.9. The summed E-state index contributed by atoms with van der Waals surface area (Å²) in [7, 11) is -1.90. The Bertz CT molecular complexity index is 1290. The number of aryl methyl sites for hydroxylation is 2. The molecule has 0 radical (unpaired) electrons. The zero-order valence-corrected chi connectivity index (χ0v) is 17.6. The van der Waals surface area contributed by atoms with E-state index in [-0.39, 0.29) is 11.4 Å². The molecule has 0 spiro atoms. The number of nitrogens with zero attached hydrogens (tertiary/aromatic N) is 2. The molecule has 8 nitrogen and oxygen atoms in total. The van der Waals surface area contributed by atoms with E-state index in [4.69, 9.17) is 4.74 Å². The zero-order valence-electron chi connectivity index (χ0n) is 16.0. The van der Waals surface area contributed by atoms with E-state index in [0.29, 0.717) is 17.1 Å². The van der Waals surface area contributed by atoms with Crippen LogP contribution in [0.4, 0.5) is 11.4 Å². The molecule has 1 atom stereocenters. The van der Waals surface area contributed by atoms with Crippen molar-refractivity contribution in [2.24, 2.45) is 7.05 Å². The molecule has 3 aromatic rings. The first-order chi connectivity index (χ1) is 13.6. The monoisotopic (exact) mass is 433 g/mol. The summed E-state index contributed by atoms with van der Waals surface area (Å²) in [6.45, 7) is 1.73. The van der Waals surface area contributed by atoms with E-state index < -0.39 is 22.0 Å². The van der Waals surface area contributed by atoms with Crippen LogP contribution in [-0.2, 0) is 21.9 Å². The van der Waals surface area contributed by atoms with Gasteiger partial charge >= 0.3 is 4.87 Å². The quantitative estimate of drug-likeness (QED) is 0.682. The summed E-state index contributed by atoms with van der Waals surface area (Å²) in [4.78, 5) is 24.5. The second-order valence-corrected chi connectivity index (χ2v) is 9.87. The Kier molecular flexibility index (Phi) is 4.62. The minimum Gasteiger partial charge on any atom is -0.476 e. The van der Waals surface area contributed by atoms with Crippen LogP contribution in [0.2, 0.25) is 0 Å². The summed E-state index contributed by atoms with van der Waals surface area (Å²) in [5.41, 5.74) is 2.60. The Morgan fingerprint density at radius 3 is 2.72 bits per heavy atom. The molecule has 0 aliphatic carbocycles. The molecule has 4 rings (SSSR count). The van der Waals surface area contributed by atoms with E-state index in [1.807, 2.05) is 6.92 Å². The van der Waals surface area contributed by atoms with Crippen molar-refractivity contribution in [3.8, 4) is 5.75 Å². The third-order valence-corrected chi connectivity index (χ3v) is 6.88. The topological polar surface area (TPSA) is 97.7 Å². The molecule has 0 fully saturated rings. The van der Waals surface area contributed by atoms with Crippen LogP contribution in [0.15, 0.2) is 41.2 Å². The van der Waals surface area contributed by atoms with E-state index in [1.54, 1.807) is 48.0 Å². The minimum absolute atomic E-state index is 0.0882. The van der Waals surface area contributed by atoms with Crippen molar-refractivity contribution >= 4 is 48.9 Å². The van der Waals surface area contributed by atoms with Gasteiger partial charge in [-0.1, -0.05) is 17.4 Å². The Balaban J connectivity index is 1.62. The molecule has 1 amide bonds. The molecule has 1 aromatic heterocycles. The van der Waals surface area contributed by atoms with E-state index >= 15 is 0 Å². The third-order valence-electron chi connectivity index (χ3n) is 4.74. The van der Waals surface area contributed by atoms with Crippen molar-refractivity contribution in [3.05, 3.63) is 51.6 Å². The SMILES string of the molecule is Cc1ccc2c(c1)N(S(C)(=O)=O)C[C@H](C(=O)Nc1ccc3c(c1)sc(=O)n3C)O2. The normalized spacial score (nSPS) is 16.4. The van der Waals surface area contributed by atoms with Crippen LogP contribution in [0.1, 0.15) is 5.56 Å². The number of aromatic nitrogens is 1. The molecule has 0 saturated heterocycles. The fourth-order valence-electron chi connectivity index (χ4n) is 3.25. The van der Waals surface area contributed by atoms with Crippen LogP contribution < -0.4 is 19.2 Å². The average Bonchev–Trinajstić information content (AvgIpc) is 2.93. The van der Waals surface area contributed by atoms with Gasteiger partial charge < -0.3 is 14.6 Å². The third kappa shape index (κ3) is 3.60. The predicted octanol–water partition coefficient (Wildman–Crippen LogP) is 2.07. The van der Waals surface area contributed by atoms with Crippen LogP contribution in [-0.4, -0.2) is 37.8 Å². The van der Waals surface area contributed by atoms with Gasteiger partial charge in [-0.2, -0.15) is 0 Å². The molecule has 29 heavy (non-hydrogen) atoms. The number of benzene rings is 2. The Morgan fingerprint density at radius 1 is 1.24 bits per heavy atom. The lowest BCUT2D eigenvalue weighted by Gasteiger charge is -2.34. The number of thiazole rings is 1. The smallest absolute Gasteiger partial charge is 0.307 e. The van der Waals surface area contributed by atoms with Gasteiger partial charge in [0.25, 0.3) is 5.91 Å². The van der Waals surface area contributed by atoms with Gasteiger partial charge in [-0.25, -0.2) is 8.42 Å². The van der Waals surface area contributed by atoms with Crippen molar-refractivity contribution in [1.82, 2.24) is 4.57 Å². The number of hydrogen-bond acceptors (Lipinski definition) is 6. The van der Waals surface area contributed by atoms with Gasteiger partial charge in [0.1, 0.15) is 5.75 Å². The number of fused-ring (bicyclic) bond motifs is 2. The van der Waals surface area contributed by atoms with Gasteiger partial charge in [0.05, 0.1) is 28.7 Å². The predicted molar refractivity (Wildman–Crippen MR) is 113 cm³/mol. The lowest BCUT2D eigenvalue weighted by Crippen LogP contribution is -2.48. The van der Waals surface area contributed by atoms with Gasteiger partial charge in [-0.05, 0) is 42.8 Å². The van der Waals surface area contributed by atoms with E-state index in [9.17, 15) is 18.0 Å². The lowest BCUT2D eigenvalue weighted by molar-refractivity contribution is -0.122. The van der Waals surface area contributed by atoms with Crippen LogP contribution in [0.25, 0.3) is 10.2 Å². The molecule has 0 unspecified atom stereocenters. The lowest BCUT2D eigenvalue weighted by atomic mass is 10.1. The van der Waals surface area contributed by atoms with E-state index in [1.165, 1.54) is 4.31 Å². The molecule has 10 heteroatoms. The highest BCUT2D eigenvalue weighted by atomic mass is 32.2. The maximum absolute atomic E-state index is 12.8. The second kappa shape index (κ2) is 6.89. The molecule has 1 aliphatic heterocycles. The number of hydrogen-bond donors (Lipinski definition) is 1. The van der Waals surface area contributed by atoms with Gasteiger partial charge in [-0.3, -0.25) is 13.9 Å². The summed E-state index contributed by atoms with van der Waals surface area (Å²) >= 11 is 1.09. The molecule has 0 bridgehead atoms. The molecule has 1 N–H and O–H groups in total. The summed E-state index contributed by atoms with van der Waals surface area (Å²) in [5, 5.41) is 2.76. The molecule has 2 aromatic carbocycles. The van der Waals surface area contributed by atoms with Gasteiger partial charge in [0.15, 0.2) is 6.10 Å². The molecular formula is C19H19N3O5S2. The molecule has 0 saturated carbocycles. The number of carbonyl (C=O) groups excluding carboxylic acids is 1. The number of amides is 1. The Hall–Kier alpha value is -2.85. The highest BCUT2D eigenvalue weighted by Gasteiger charge is 2.35. The van der Waals surface area contributed by atoms with Crippen LogP contribution in [0.5, 0.6) is 5.75 Å². The molecule has 2 heterocycles. The largest absolute Gasteiger partial charge is 0.476 e. The van der Waals surface area contributed by atoms with Crippen molar-refractivity contribution in [1.29, 1.82) is 0 Å². The Morgan fingerprint density at radius 2 is 2.00 bits per heavy atom. The number of nitrogens with one attached hydrogen (secondary N) is 1. The minimum atomic E-state index is -3.59. The van der Waals surface area contributed by atoms with E-state index in [0.717, 1.165) is 33.4 Å². The van der Waals surface area contributed by atoms with Crippen molar-refractivity contribution in [2.45, 2.75) is 13.0 Å². The summed E-state index contributed by atoms with van der Waals surface area (Å²) in [6, 6.07) is 10.3. The number of anilines is 2. The number of sulfonamides is 1. The van der Waals surface area contributed by atoms with Gasteiger partial charge in [0, 0.05) is 12.7 Å². The highest BCUT2D eigenvalue weighted by molar-refractivity contribution is 7.92. The van der Waals surface area contributed by atoms with Crippen molar-refractivity contribution in [3.63, 3.8) is 0 Å². The first kappa shape index (κ1) is 19.5. The Labute approximate surface area is 171 Å². The fraction of sp³-hybridized carbons (Fsp3) is 0.263. The summed E-state index contributed by atoms with van der Waals surface area (Å²) < 4.78 is 33.8. The maximum Gasteiger partial charge on any atom is 0.307 e. The maximum atomic E-state index is 12.8. The fourth-order valence-corrected chi connectivity index (χ4v) is 5.07. The average molecular weight is 434 g/mol. The molecule has 152 valence electrons. The first-order valence-corrected chi connectivity index (χ1v) is 11.5. The van der Waals surface area contributed by atoms with Gasteiger partial charge in [0.2, 0.25) is 10.0 Å². The van der Waals surface area contributed by atoms with Crippen LogP contribution >= 0.6 is 11.3 Å². The van der Waals surface area contributed by atoms with Crippen molar-refractivity contribution < 1.29 is 17.9 Å². The summed E-state index contributed by atoms with van der Waals surface area (Å²) in [5.74, 6) is -0.128. The van der Waals surface area contributed by atoms with Crippen molar-refractivity contribution in [2.75, 3.05) is 22.4 Å². The van der Waals surface area contributed by atoms with Crippen LogP contribution in [0.3, 0.4) is 0 Å². The number of ether oxygens (including phenoxy) is 1. The highest BCUT2D eigenvalue weighted by Crippen LogP contribution is 2.36. The first-order valence-electron chi connectivity index (χ1n) is 8.79. The summed E-state index contributed by atoms with van der Waals surface area (Å²) in [6.07, 6.45) is 0.0927. The second-order valence-electron chi connectivity index (χ2n) is 6.97. The number of rotatable bonds is 3. The molecule has 1 aliphatic rings.